The van der Waals surface area contributed by atoms with Gasteiger partial charge in [0.2, 0.25) is 0 Å². The zero-order valence-electron chi connectivity index (χ0n) is 14.9. The summed E-state index contributed by atoms with van der Waals surface area (Å²) in [6.07, 6.45) is 3.65. The van der Waals surface area contributed by atoms with Crippen molar-refractivity contribution in [2.24, 2.45) is 0 Å². The van der Waals surface area contributed by atoms with Crippen molar-refractivity contribution in [3.05, 3.63) is 70.6 Å². The summed E-state index contributed by atoms with van der Waals surface area (Å²) in [5, 5.41) is 0.601. The Balaban J connectivity index is 1.42. The number of hydrogen-bond donors (Lipinski definition) is 0. The van der Waals surface area contributed by atoms with E-state index in [1.165, 1.54) is 0 Å². The molecule has 1 aliphatic heterocycles. The molecule has 0 aliphatic carbocycles. The number of benzene rings is 1. The molecule has 1 saturated heterocycles. The van der Waals surface area contributed by atoms with Gasteiger partial charge in [-0.3, -0.25) is 9.59 Å². The van der Waals surface area contributed by atoms with Crippen molar-refractivity contribution in [3.63, 3.8) is 0 Å². The molecule has 138 valence electrons. The van der Waals surface area contributed by atoms with Crippen LogP contribution in [0.1, 0.15) is 26.4 Å². The fraction of sp³-hybridized carbons (Fsp3) is 0.250. The molecule has 27 heavy (non-hydrogen) atoms. The fourth-order valence-electron chi connectivity index (χ4n) is 3.24. The fourth-order valence-corrected chi connectivity index (χ4v) is 3.36. The Kier molecular flexibility index (Phi) is 4.58. The zero-order chi connectivity index (χ0) is 19.0. The molecule has 0 saturated carbocycles. The van der Waals surface area contributed by atoms with Crippen LogP contribution in [0, 0.1) is 6.92 Å². The van der Waals surface area contributed by atoms with Gasteiger partial charge in [0.25, 0.3) is 11.8 Å². The lowest BCUT2D eigenvalue weighted by Gasteiger charge is -2.34. The molecule has 0 radical (unpaired) electrons. The van der Waals surface area contributed by atoms with Gasteiger partial charge in [0, 0.05) is 49.2 Å². The van der Waals surface area contributed by atoms with Crippen LogP contribution in [0.3, 0.4) is 0 Å². The van der Waals surface area contributed by atoms with E-state index in [0.29, 0.717) is 42.5 Å². The molecule has 1 aliphatic rings. The number of piperazine rings is 1. The highest BCUT2D eigenvalue weighted by Crippen LogP contribution is 2.15. The molecular formula is C20H19ClN4O2. The van der Waals surface area contributed by atoms with Gasteiger partial charge in [-0.05, 0) is 48.9 Å². The number of aryl methyl sites for hydroxylation is 1. The van der Waals surface area contributed by atoms with Crippen LogP contribution in [0.5, 0.6) is 0 Å². The second-order valence-corrected chi connectivity index (χ2v) is 7.12. The third-order valence-electron chi connectivity index (χ3n) is 4.78. The first kappa shape index (κ1) is 17.5. The number of imidazole rings is 1. The summed E-state index contributed by atoms with van der Waals surface area (Å²) in [7, 11) is 0. The van der Waals surface area contributed by atoms with Crippen LogP contribution >= 0.6 is 11.6 Å². The van der Waals surface area contributed by atoms with Crippen molar-refractivity contribution in [1.29, 1.82) is 0 Å². The van der Waals surface area contributed by atoms with Gasteiger partial charge in [0.05, 0.1) is 0 Å². The second kappa shape index (κ2) is 7.04. The van der Waals surface area contributed by atoms with Crippen LogP contribution in [-0.4, -0.2) is 57.2 Å². The summed E-state index contributed by atoms with van der Waals surface area (Å²) in [4.78, 5) is 33.3. The summed E-state index contributed by atoms with van der Waals surface area (Å²) in [6.45, 7) is 3.97. The minimum absolute atomic E-state index is 0.0398. The first-order chi connectivity index (χ1) is 13.0. The van der Waals surface area contributed by atoms with Crippen molar-refractivity contribution >= 4 is 29.1 Å². The van der Waals surface area contributed by atoms with Crippen LogP contribution in [-0.2, 0) is 0 Å². The number of aromatic nitrogens is 2. The van der Waals surface area contributed by atoms with Gasteiger partial charge in [-0.1, -0.05) is 11.6 Å². The van der Waals surface area contributed by atoms with Gasteiger partial charge in [0.1, 0.15) is 11.3 Å². The van der Waals surface area contributed by atoms with Crippen molar-refractivity contribution in [2.75, 3.05) is 26.2 Å². The highest BCUT2D eigenvalue weighted by molar-refractivity contribution is 6.30. The molecule has 0 bridgehead atoms. The Bertz CT molecular complexity index is 1000. The molecule has 2 aromatic heterocycles. The topological polar surface area (TPSA) is 57.9 Å². The molecule has 2 amide bonds. The largest absolute Gasteiger partial charge is 0.335 e. The number of carbonyl (C=O) groups is 2. The van der Waals surface area contributed by atoms with E-state index in [0.717, 1.165) is 11.2 Å². The Hall–Kier alpha value is -2.86. The van der Waals surface area contributed by atoms with Crippen molar-refractivity contribution < 1.29 is 9.59 Å². The van der Waals surface area contributed by atoms with Crippen LogP contribution < -0.4 is 0 Å². The molecule has 1 aromatic carbocycles. The third kappa shape index (κ3) is 3.53. The van der Waals surface area contributed by atoms with Gasteiger partial charge >= 0.3 is 0 Å². The number of rotatable bonds is 2. The monoisotopic (exact) mass is 382 g/mol. The Morgan fingerprint density at radius 2 is 1.59 bits per heavy atom. The maximum absolute atomic E-state index is 12.8. The van der Waals surface area contributed by atoms with E-state index < -0.39 is 0 Å². The van der Waals surface area contributed by atoms with Crippen molar-refractivity contribution in [3.8, 4) is 0 Å². The Morgan fingerprint density at radius 3 is 2.26 bits per heavy atom. The van der Waals surface area contributed by atoms with Crippen LogP contribution in [0.15, 0.2) is 48.8 Å². The van der Waals surface area contributed by atoms with Gasteiger partial charge in [0.15, 0.2) is 0 Å². The SMILES string of the molecule is Cc1ccn2cc(C(=O)N3CCN(C(=O)c4ccc(Cl)cc4)CC3)nc2c1. The molecule has 3 aromatic rings. The number of hydrogen-bond acceptors (Lipinski definition) is 3. The van der Waals surface area contributed by atoms with E-state index in [1.54, 1.807) is 40.3 Å². The third-order valence-corrected chi connectivity index (χ3v) is 5.03. The number of fused-ring (bicyclic) bond motifs is 1. The van der Waals surface area contributed by atoms with Crippen molar-refractivity contribution in [1.82, 2.24) is 19.2 Å². The number of halogens is 1. The molecule has 6 nitrogen and oxygen atoms in total. The van der Waals surface area contributed by atoms with Crippen molar-refractivity contribution in [2.45, 2.75) is 6.92 Å². The summed E-state index contributed by atoms with van der Waals surface area (Å²) in [5.74, 6) is -0.142. The predicted molar refractivity (Wildman–Crippen MR) is 103 cm³/mol. The number of pyridine rings is 1. The average molecular weight is 383 g/mol. The van der Waals surface area contributed by atoms with E-state index >= 15 is 0 Å². The van der Waals surface area contributed by atoms with E-state index in [2.05, 4.69) is 4.98 Å². The lowest BCUT2D eigenvalue weighted by atomic mass is 10.2. The molecule has 0 spiro atoms. The normalized spacial score (nSPS) is 14.6. The Morgan fingerprint density at radius 1 is 0.963 bits per heavy atom. The molecule has 0 unspecified atom stereocenters. The maximum Gasteiger partial charge on any atom is 0.274 e. The van der Waals surface area contributed by atoms with Gasteiger partial charge < -0.3 is 14.2 Å². The Labute approximate surface area is 162 Å². The lowest BCUT2D eigenvalue weighted by Crippen LogP contribution is -2.50. The molecule has 0 N–H and O–H groups in total. The highest BCUT2D eigenvalue weighted by atomic mass is 35.5. The van der Waals surface area contributed by atoms with Crippen LogP contribution in [0.4, 0.5) is 0 Å². The molecule has 1 fully saturated rings. The van der Waals surface area contributed by atoms with Gasteiger partial charge in [-0.2, -0.15) is 0 Å². The number of amides is 2. The summed E-state index contributed by atoms with van der Waals surface area (Å²) < 4.78 is 1.85. The maximum atomic E-state index is 12.8. The second-order valence-electron chi connectivity index (χ2n) is 6.69. The zero-order valence-corrected chi connectivity index (χ0v) is 15.7. The summed E-state index contributed by atoms with van der Waals surface area (Å²) >= 11 is 5.88. The van der Waals surface area contributed by atoms with Crippen LogP contribution in [0.2, 0.25) is 5.02 Å². The minimum Gasteiger partial charge on any atom is -0.335 e. The van der Waals surface area contributed by atoms with E-state index in [4.69, 9.17) is 11.6 Å². The predicted octanol–water partition coefficient (Wildman–Crippen LogP) is 2.89. The van der Waals surface area contributed by atoms with Gasteiger partial charge in [-0.15, -0.1) is 0 Å². The van der Waals surface area contributed by atoms with E-state index in [1.807, 2.05) is 29.7 Å². The standard InChI is InChI=1S/C20H19ClN4O2/c1-14-6-7-25-13-17(22-18(25)12-14)20(27)24-10-8-23(9-11-24)19(26)15-2-4-16(21)5-3-15/h2-7,12-13H,8-11H2,1H3. The highest BCUT2D eigenvalue weighted by Gasteiger charge is 2.26. The van der Waals surface area contributed by atoms with Gasteiger partial charge in [-0.25, -0.2) is 4.98 Å². The van der Waals surface area contributed by atoms with E-state index in [-0.39, 0.29) is 11.8 Å². The molecule has 0 atom stereocenters. The average Bonchev–Trinajstić information content (AvgIpc) is 3.11. The smallest absolute Gasteiger partial charge is 0.274 e. The molecule has 3 heterocycles. The summed E-state index contributed by atoms with van der Waals surface area (Å²) in [5.41, 5.74) is 2.89. The first-order valence-corrected chi connectivity index (χ1v) is 9.18. The first-order valence-electron chi connectivity index (χ1n) is 8.81. The lowest BCUT2D eigenvalue weighted by molar-refractivity contribution is 0.0532. The molecular weight excluding hydrogens is 364 g/mol. The summed E-state index contributed by atoms with van der Waals surface area (Å²) in [6, 6.07) is 10.8. The van der Waals surface area contributed by atoms with Crippen LogP contribution in [0.25, 0.3) is 5.65 Å². The number of carbonyl (C=O) groups excluding carboxylic acids is 2. The number of nitrogens with zero attached hydrogens (tertiary/aromatic N) is 4. The quantitative estimate of drug-likeness (QED) is 0.684. The van der Waals surface area contributed by atoms with E-state index in [9.17, 15) is 9.59 Å². The molecule has 4 rings (SSSR count). The minimum atomic E-state index is -0.102. The molecule has 7 heteroatoms.